The van der Waals surface area contributed by atoms with Gasteiger partial charge in [0.2, 0.25) is 6.17 Å². The Hall–Kier alpha value is -3.42. The average molecular weight is 309 g/mol. The van der Waals surface area contributed by atoms with E-state index in [9.17, 15) is 10.1 Å². The zero-order valence-corrected chi connectivity index (χ0v) is 11.9. The van der Waals surface area contributed by atoms with Crippen molar-refractivity contribution in [1.82, 2.24) is 4.98 Å². The highest BCUT2D eigenvalue weighted by molar-refractivity contribution is 5.92. The van der Waals surface area contributed by atoms with Crippen molar-refractivity contribution in [3.8, 4) is 0 Å². The van der Waals surface area contributed by atoms with Gasteiger partial charge in [-0.05, 0) is 18.2 Å². The van der Waals surface area contributed by atoms with E-state index in [1.54, 1.807) is 18.2 Å². The van der Waals surface area contributed by atoms with E-state index in [-0.39, 0.29) is 11.6 Å². The Labute approximate surface area is 130 Å². The molecule has 4 rings (SSSR count). The van der Waals surface area contributed by atoms with Gasteiger partial charge in [-0.1, -0.05) is 24.3 Å². The first-order chi connectivity index (χ1) is 11.1. The number of nitrogens with zero attached hydrogens (tertiary/aromatic N) is 3. The molecule has 1 aliphatic heterocycles. The van der Waals surface area contributed by atoms with E-state index in [1.807, 2.05) is 28.8 Å². The molecular weight excluding hydrogens is 296 g/mol. The van der Waals surface area contributed by atoms with Crippen LogP contribution in [0.4, 0.5) is 11.6 Å². The molecule has 0 bridgehead atoms. The lowest BCUT2D eigenvalue weighted by Crippen LogP contribution is -2.48. The summed E-state index contributed by atoms with van der Waals surface area (Å²) in [4.78, 5) is 18.5. The number of hydrogen-bond acceptors (Lipinski definition) is 5. The smallest absolute Gasteiger partial charge is 0.357 e. The summed E-state index contributed by atoms with van der Waals surface area (Å²) in [6, 6.07) is 14.2. The maximum absolute atomic E-state index is 11.4. The number of aromatic nitrogens is 2. The highest BCUT2D eigenvalue weighted by Crippen LogP contribution is 2.29. The number of nitrogens with one attached hydrogen (secondary N) is 2. The van der Waals surface area contributed by atoms with Crippen LogP contribution in [-0.2, 0) is 0 Å². The highest BCUT2D eigenvalue weighted by Gasteiger charge is 2.34. The van der Waals surface area contributed by atoms with Crippen LogP contribution in [0, 0.1) is 10.1 Å². The van der Waals surface area contributed by atoms with E-state index in [1.165, 1.54) is 6.07 Å². The Kier molecular flexibility index (Phi) is 2.77. The molecule has 1 atom stereocenters. The predicted octanol–water partition coefficient (Wildman–Crippen LogP) is 1.65. The molecule has 1 aromatic heterocycles. The lowest BCUT2D eigenvalue weighted by Gasteiger charge is -2.17. The van der Waals surface area contributed by atoms with E-state index in [0.717, 1.165) is 11.0 Å². The Balaban J connectivity index is 2.00. The summed E-state index contributed by atoms with van der Waals surface area (Å²) in [6.45, 7) is 0. The fraction of sp³-hybridized carbons (Fsp3) is 0.0667. The van der Waals surface area contributed by atoms with E-state index >= 15 is 0 Å². The number of aliphatic imine (C=N–C) groups is 1. The van der Waals surface area contributed by atoms with Crippen LogP contribution in [0.1, 0.15) is 11.7 Å². The Morgan fingerprint density at radius 3 is 2.74 bits per heavy atom. The molecule has 23 heavy (non-hydrogen) atoms. The molecule has 8 nitrogen and oxygen atoms in total. The SMILES string of the molecule is NC1=N[C@H](c2ccccc2[N+](=O)[O-])[n+]2c([nH]c3ccccc32)N1. The number of nitro groups is 1. The number of benzene rings is 2. The van der Waals surface area contributed by atoms with Gasteiger partial charge >= 0.3 is 5.95 Å². The minimum absolute atomic E-state index is 0.0136. The topological polar surface area (TPSA) is 113 Å². The van der Waals surface area contributed by atoms with Gasteiger partial charge in [0, 0.05) is 6.07 Å². The van der Waals surface area contributed by atoms with E-state index in [0.29, 0.717) is 11.5 Å². The van der Waals surface area contributed by atoms with Gasteiger partial charge in [-0.2, -0.15) is 4.99 Å². The molecule has 3 aromatic rings. The number of hydrogen-bond donors (Lipinski definition) is 3. The molecule has 0 unspecified atom stereocenters. The summed E-state index contributed by atoms with van der Waals surface area (Å²) < 4.78 is 1.87. The predicted molar refractivity (Wildman–Crippen MR) is 85.0 cm³/mol. The van der Waals surface area contributed by atoms with Gasteiger partial charge in [0.15, 0.2) is 0 Å². The molecule has 2 heterocycles. The van der Waals surface area contributed by atoms with Gasteiger partial charge in [0.1, 0.15) is 11.0 Å². The summed E-state index contributed by atoms with van der Waals surface area (Å²) in [5.41, 5.74) is 8.13. The summed E-state index contributed by atoms with van der Waals surface area (Å²) in [7, 11) is 0. The average Bonchev–Trinajstić information content (AvgIpc) is 2.92. The first-order valence-corrected chi connectivity index (χ1v) is 7.01. The third kappa shape index (κ3) is 2.00. The Morgan fingerprint density at radius 2 is 1.91 bits per heavy atom. The van der Waals surface area contributed by atoms with Crippen LogP contribution >= 0.6 is 0 Å². The second-order valence-corrected chi connectivity index (χ2v) is 5.19. The van der Waals surface area contributed by atoms with Crippen LogP contribution in [0.2, 0.25) is 0 Å². The lowest BCUT2D eigenvalue weighted by molar-refractivity contribution is -0.674. The molecule has 8 heteroatoms. The maximum Gasteiger partial charge on any atom is 0.365 e. The fourth-order valence-corrected chi connectivity index (χ4v) is 2.87. The molecule has 0 aliphatic carbocycles. The number of nitro benzene ring substituents is 1. The number of para-hydroxylation sites is 3. The zero-order valence-electron chi connectivity index (χ0n) is 11.9. The van der Waals surface area contributed by atoms with E-state index < -0.39 is 11.1 Å². The fourth-order valence-electron chi connectivity index (χ4n) is 2.87. The summed E-state index contributed by atoms with van der Waals surface area (Å²) in [5.74, 6) is 0.849. The first-order valence-electron chi connectivity index (χ1n) is 7.01. The minimum atomic E-state index is -0.607. The molecule has 0 radical (unpaired) electrons. The monoisotopic (exact) mass is 309 g/mol. The third-order valence-corrected chi connectivity index (χ3v) is 3.82. The molecule has 0 amide bonds. The number of imidazole rings is 1. The zero-order chi connectivity index (χ0) is 16.0. The van der Waals surface area contributed by atoms with Gasteiger partial charge in [0.25, 0.3) is 11.6 Å². The second kappa shape index (κ2) is 4.80. The molecule has 0 spiro atoms. The number of anilines is 1. The standard InChI is InChI=1S/C15H12N6O2/c16-14-18-13(9-5-1-3-7-11(9)21(22)23)20-12-8-4-2-6-10(12)17-15(20)19-14/h1-8,13H,(H3,16,17,18,19)/p+1/t13-/m0/s1. The van der Waals surface area contributed by atoms with Gasteiger partial charge in [-0.15, -0.1) is 0 Å². The number of nitrogens with two attached hydrogens (primary N) is 1. The van der Waals surface area contributed by atoms with E-state index in [2.05, 4.69) is 15.3 Å². The van der Waals surface area contributed by atoms with Crippen LogP contribution in [0.15, 0.2) is 53.5 Å². The number of rotatable bonds is 2. The molecule has 4 N–H and O–H groups in total. The van der Waals surface area contributed by atoms with Gasteiger partial charge in [-0.25, -0.2) is 14.9 Å². The highest BCUT2D eigenvalue weighted by atomic mass is 16.6. The number of H-pyrrole nitrogens is 1. The van der Waals surface area contributed by atoms with Crippen LogP contribution in [-0.4, -0.2) is 15.9 Å². The Morgan fingerprint density at radius 1 is 1.17 bits per heavy atom. The van der Waals surface area contributed by atoms with Gasteiger partial charge in [-0.3, -0.25) is 10.1 Å². The summed E-state index contributed by atoms with van der Waals surface area (Å²) >= 11 is 0. The van der Waals surface area contributed by atoms with E-state index in [4.69, 9.17) is 5.73 Å². The van der Waals surface area contributed by atoms with Crippen LogP contribution in [0.3, 0.4) is 0 Å². The second-order valence-electron chi connectivity index (χ2n) is 5.19. The third-order valence-electron chi connectivity index (χ3n) is 3.82. The van der Waals surface area contributed by atoms with Gasteiger partial charge < -0.3 is 5.73 Å². The van der Waals surface area contributed by atoms with Crippen LogP contribution < -0.4 is 15.6 Å². The molecule has 2 aromatic carbocycles. The van der Waals surface area contributed by atoms with Crippen molar-refractivity contribution in [2.75, 3.05) is 5.32 Å². The maximum atomic E-state index is 11.4. The first kappa shape index (κ1) is 13.3. The number of aromatic amines is 1. The summed E-state index contributed by atoms with van der Waals surface area (Å²) in [6.07, 6.45) is -0.607. The Bertz CT molecular complexity index is 962. The number of guanidine groups is 1. The van der Waals surface area contributed by atoms with Crippen molar-refractivity contribution in [1.29, 1.82) is 0 Å². The van der Waals surface area contributed by atoms with Crippen LogP contribution in [0.5, 0.6) is 0 Å². The van der Waals surface area contributed by atoms with Crippen molar-refractivity contribution in [3.05, 3.63) is 64.2 Å². The van der Waals surface area contributed by atoms with Crippen LogP contribution in [0.25, 0.3) is 11.0 Å². The molecule has 114 valence electrons. The van der Waals surface area contributed by atoms with Crippen molar-refractivity contribution in [3.63, 3.8) is 0 Å². The minimum Gasteiger partial charge on any atom is -0.357 e. The van der Waals surface area contributed by atoms with Crippen molar-refractivity contribution >= 4 is 28.6 Å². The quantitative estimate of drug-likeness (QED) is 0.379. The molecule has 1 aliphatic rings. The number of fused-ring (bicyclic) bond motifs is 3. The molecular formula is C15H13N6O2+. The largest absolute Gasteiger partial charge is 0.365 e. The summed E-state index contributed by atoms with van der Waals surface area (Å²) in [5, 5.41) is 14.3. The molecule has 0 fully saturated rings. The van der Waals surface area contributed by atoms with Crippen molar-refractivity contribution < 1.29 is 9.49 Å². The molecule has 0 saturated carbocycles. The van der Waals surface area contributed by atoms with Crippen molar-refractivity contribution in [2.24, 2.45) is 10.7 Å². The molecule has 0 saturated heterocycles. The van der Waals surface area contributed by atoms with Crippen molar-refractivity contribution in [2.45, 2.75) is 6.17 Å². The normalized spacial score (nSPS) is 16.5. The lowest BCUT2D eigenvalue weighted by atomic mass is 10.1. The van der Waals surface area contributed by atoms with Gasteiger partial charge in [0.05, 0.1) is 10.5 Å².